The van der Waals surface area contributed by atoms with Gasteiger partial charge in [0, 0.05) is 18.7 Å². The Kier molecular flexibility index (Phi) is 2.89. The summed E-state index contributed by atoms with van der Waals surface area (Å²) in [5.41, 5.74) is 2.03. The van der Waals surface area contributed by atoms with E-state index in [0.29, 0.717) is 12.3 Å². The molecule has 0 spiro atoms. The lowest BCUT2D eigenvalue weighted by Gasteiger charge is -2.09. The molecule has 15 heavy (non-hydrogen) atoms. The van der Waals surface area contributed by atoms with E-state index in [1.807, 2.05) is 4.68 Å². The molecule has 3 heteroatoms. The number of ketones is 1. The summed E-state index contributed by atoms with van der Waals surface area (Å²) in [4.78, 5) is 11.8. The lowest BCUT2D eigenvalue weighted by Crippen LogP contribution is -2.10. The highest BCUT2D eigenvalue weighted by molar-refractivity contribution is 5.97. The Morgan fingerprint density at radius 2 is 2.13 bits per heavy atom. The zero-order valence-corrected chi connectivity index (χ0v) is 9.49. The molecule has 0 saturated heterocycles. The molecule has 0 aromatic carbocycles. The summed E-state index contributed by atoms with van der Waals surface area (Å²) in [6, 6.07) is 0. The van der Waals surface area contributed by atoms with E-state index in [-0.39, 0.29) is 5.78 Å². The van der Waals surface area contributed by atoms with Crippen LogP contribution < -0.4 is 0 Å². The first kappa shape index (κ1) is 10.4. The van der Waals surface area contributed by atoms with E-state index in [1.165, 1.54) is 0 Å². The molecule has 0 atom stereocenters. The van der Waals surface area contributed by atoms with Crippen molar-refractivity contribution in [1.29, 1.82) is 0 Å². The van der Waals surface area contributed by atoms with Crippen LogP contribution in [0.25, 0.3) is 0 Å². The Bertz CT molecular complexity index is 366. The third kappa shape index (κ3) is 2.11. The maximum atomic E-state index is 11.8. The van der Waals surface area contributed by atoms with Crippen LogP contribution in [0.15, 0.2) is 6.20 Å². The number of nitrogens with zero attached hydrogens (tertiary/aromatic N) is 2. The van der Waals surface area contributed by atoms with Gasteiger partial charge in [-0.15, -0.1) is 0 Å². The summed E-state index contributed by atoms with van der Waals surface area (Å²) >= 11 is 0. The lowest BCUT2D eigenvalue weighted by atomic mass is 10.1. The van der Waals surface area contributed by atoms with Gasteiger partial charge in [0.25, 0.3) is 0 Å². The third-order valence-electron chi connectivity index (χ3n) is 2.85. The molecule has 0 aliphatic heterocycles. The average molecular weight is 206 g/mol. The molecule has 82 valence electrons. The summed E-state index contributed by atoms with van der Waals surface area (Å²) in [6.45, 7) is 5.27. The minimum absolute atomic E-state index is 0.275. The second kappa shape index (κ2) is 4.17. The van der Waals surface area contributed by atoms with Gasteiger partial charge in [-0.1, -0.05) is 13.8 Å². The maximum absolute atomic E-state index is 11.8. The molecule has 2 rings (SSSR count). The molecule has 0 saturated carbocycles. The number of carbonyl (C=O) groups excluding carboxylic acids is 1. The van der Waals surface area contributed by atoms with Crippen LogP contribution in [0.4, 0.5) is 0 Å². The van der Waals surface area contributed by atoms with Crippen LogP contribution in [-0.2, 0) is 13.0 Å². The quantitative estimate of drug-likeness (QED) is 0.697. The normalized spacial score (nSPS) is 16.6. The molecule has 0 bridgehead atoms. The van der Waals surface area contributed by atoms with Crippen LogP contribution in [0.1, 0.15) is 49.2 Å². The molecule has 0 radical (unpaired) electrons. The Labute approximate surface area is 90.5 Å². The monoisotopic (exact) mass is 206 g/mol. The molecular weight excluding hydrogens is 188 g/mol. The van der Waals surface area contributed by atoms with Crippen LogP contribution in [0.2, 0.25) is 0 Å². The fourth-order valence-corrected chi connectivity index (χ4v) is 2.12. The molecular formula is C12H18N2O. The van der Waals surface area contributed by atoms with Crippen LogP contribution in [0.5, 0.6) is 0 Å². The van der Waals surface area contributed by atoms with E-state index in [0.717, 1.165) is 37.1 Å². The van der Waals surface area contributed by atoms with Gasteiger partial charge in [0.2, 0.25) is 0 Å². The molecule has 3 nitrogen and oxygen atoms in total. The molecule has 0 unspecified atom stereocenters. The Hall–Kier alpha value is -1.12. The van der Waals surface area contributed by atoms with Gasteiger partial charge in [-0.25, -0.2) is 0 Å². The summed E-state index contributed by atoms with van der Waals surface area (Å²) < 4.78 is 2.02. The highest BCUT2D eigenvalue weighted by atomic mass is 16.1. The molecule has 1 aromatic rings. The Morgan fingerprint density at radius 1 is 1.40 bits per heavy atom. The molecule has 1 aromatic heterocycles. The van der Waals surface area contributed by atoms with Crippen molar-refractivity contribution in [3.8, 4) is 0 Å². The number of hydrogen-bond donors (Lipinski definition) is 0. The summed E-state index contributed by atoms with van der Waals surface area (Å²) in [7, 11) is 0. The van der Waals surface area contributed by atoms with Crippen LogP contribution in [-0.4, -0.2) is 15.6 Å². The van der Waals surface area contributed by atoms with Crippen molar-refractivity contribution >= 4 is 5.78 Å². The van der Waals surface area contributed by atoms with Crippen molar-refractivity contribution in [3.63, 3.8) is 0 Å². The molecule has 0 N–H and O–H groups in total. The average Bonchev–Trinajstić information content (AvgIpc) is 2.45. The first-order chi connectivity index (χ1) is 7.18. The van der Waals surface area contributed by atoms with Crippen molar-refractivity contribution < 1.29 is 4.79 Å². The van der Waals surface area contributed by atoms with Gasteiger partial charge < -0.3 is 0 Å². The number of aromatic nitrogens is 2. The molecule has 1 aliphatic rings. The van der Waals surface area contributed by atoms with Crippen molar-refractivity contribution in [2.45, 2.75) is 46.1 Å². The summed E-state index contributed by atoms with van der Waals surface area (Å²) in [5, 5.41) is 4.33. The number of hydrogen-bond acceptors (Lipinski definition) is 2. The van der Waals surface area contributed by atoms with E-state index in [1.54, 1.807) is 6.20 Å². The number of Topliss-reactive ketones (excluding diaryl/α,β-unsaturated/α-hetero) is 1. The third-order valence-corrected chi connectivity index (χ3v) is 2.85. The van der Waals surface area contributed by atoms with Crippen molar-refractivity contribution in [2.24, 2.45) is 5.92 Å². The fraction of sp³-hybridized carbons (Fsp3) is 0.667. The predicted octanol–water partition coefficient (Wildman–Crippen LogP) is 2.45. The maximum Gasteiger partial charge on any atom is 0.166 e. The van der Waals surface area contributed by atoms with E-state index in [4.69, 9.17) is 0 Å². The Morgan fingerprint density at radius 3 is 2.87 bits per heavy atom. The van der Waals surface area contributed by atoms with Crippen molar-refractivity contribution in [3.05, 3.63) is 17.5 Å². The highest BCUT2D eigenvalue weighted by Crippen LogP contribution is 2.20. The van der Waals surface area contributed by atoms with Gasteiger partial charge in [0.1, 0.15) is 0 Å². The Balaban J connectivity index is 2.31. The van der Waals surface area contributed by atoms with Crippen LogP contribution >= 0.6 is 0 Å². The lowest BCUT2D eigenvalue weighted by molar-refractivity contribution is 0.0982. The second-order valence-corrected chi connectivity index (χ2v) is 4.71. The van der Waals surface area contributed by atoms with E-state index < -0.39 is 0 Å². The van der Waals surface area contributed by atoms with Gasteiger partial charge in [-0.2, -0.15) is 5.10 Å². The minimum atomic E-state index is 0.275. The van der Waals surface area contributed by atoms with Crippen LogP contribution in [0.3, 0.4) is 0 Å². The van der Waals surface area contributed by atoms with E-state index in [2.05, 4.69) is 18.9 Å². The summed E-state index contributed by atoms with van der Waals surface area (Å²) in [5.74, 6) is 0.852. The fourth-order valence-electron chi connectivity index (χ4n) is 2.12. The smallest absolute Gasteiger partial charge is 0.166 e. The van der Waals surface area contributed by atoms with Gasteiger partial charge in [0.05, 0.1) is 11.8 Å². The highest BCUT2D eigenvalue weighted by Gasteiger charge is 2.20. The topological polar surface area (TPSA) is 34.9 Å². The van der Waals surface area contributed by atoms with Crippen molar-refractivity contribution in [1.82, 2.24) is 9.78 Å². The van der Waals surface area contributed by atoms with Crippen LogP contribution in [0, 0.1) is 5.92 Å². The zero-order chi connectivity index (χ0) is 10.8. The number of rotatable bonds is 2. The first-order valence-electron chi connectivity index (χ1n) is 5.76. The van der Waals surface area contributed by atoms with Gasteiger partial charge in [-0.3, -0.25) is 9.48 Å². The second-order valence-electron chi connectivity index (χ2n) is 4.71. The molecule has 1 heterocycles. The molecule has 0 fully saturated rings. The van der Waals surface area contributed by atoms with Gasteiger partial charge in [0.15, 0.2) is 5.78 Å². The molecule has 0 amide bonds. The van der Waals surface area contributed by atoms with E-state index in [9.17, 15) is 4.79 Å². The largest absolute Gasteiger partial charge is 0.294 e. The predicted molar refractivity (Wildman–Crippen MR) is 59.0 cm³/mol. The number of carbonyl (C=O) groups is 1. The standard InChI is InChI=1S/C12H18N2O/c1-9(2)8-14-11-5-3-4-6-12(15)10(11)7-13-14/h7,9H,3-6,8H2,1-2H3. The minimum Gasteiger partial charge on any atom is -0.294 e. The van der Waals surface area contributed by atoms with Crippen molar-refractivity contribution in [2.75, 3.05) is 0 Å². The zero-order valence-electron chi connectivity index (χ0n) is 9.49. The SMILES string of the molecule is CC(C)Cn1ncc2c1CCCCC2=O. The number of fused-ring (bicyclic) bond motifs is 1. The molecule has 1 aliphatic carbocycles. The van der Waals surface area contributed by atoms with Gasteiger partial charge >= 0.3 is 0 Å². The van der Waals surface area contributed by atoms with E-state index >= 15 is 0 Å². The van der Waals surface area contributed by atoms with Gasteiger partial charge in [-0.05, 0) is 25.2 Å². The first-order valence-corrected chi connectivity index (χ1v) is 5.76. The summed E-state index contributed by atoms with van der Waals surface area (Å²) in [6.07, 6.45) is 5.59.